The summed E-state index contributed by atoms with van der Waals surface area (Å²) >= 11 is 0. The average Bonchev–Trinajstić information content (AvgIpc) is 3.01. The molecule has 0 spiro atoms. The number of nitrogens with two attached hydrogens (primary N) is 1. The van der Waals surface area contributed by atoms with Crippen LogP contribution in [0.1, 0.15) is 5.56 Å². The fraction of sp³-hybridized carbons (Fsp3) is 0.0625. The Balaban J connectivity index is 2.06. The van der Waals surface area contributed by atoms with Gasteiger partial charge in [-0.05, 0) is 12.2 Å². The van der Waals surface area contributed by atoms with Crippen LogP contribution in [0.3, 0.4) is 0 Å². The molecule has 1 aromatic carbocycles. The Morgan fingerprint density at radius 2 is 2.10 bits per heavy atom. The normalized spacial score (nSPS) is 20.2. The molecule has 2 aliphatic rings. The van der Waals surface area contributed by atoms with Crippen LogP contribution in [0.25, 0.3) is 0 Å². The van der Waals surface area contributed by atoms with Gasteiger partial charge in [0.25, 0.3) is 0 Å². The van der Waals surface area contributed by atoms with Crippen LogP contribution in [0, 0.1) is 11.3 Å². The van der Waals surface area contributed by atoms with Crippen LogP contribution in [-0.2, 0) is 0 Å². The Morgan fingerprint density at radius 3 is 2.75 bits per heavy atom. The van der Waals surface area contributed by atoms with Gasteiger partial charge in [-0.2, -0.15) is 5.26 Å². The van der Waals surface area contributed by atoms with Gasteiger partial charge < -0.3 is 11.1 Å². The predicted octanol–water partition coefficient (Wildman–Crippen LogP) is 1.75. The molecule has 1 atom stereocenters. The van der Waals surface area contributed by atoms with Gasteiger partial charge in [-0.15, -0.1) is 5.73 Å². The van der Waals surface area contributed by atoms with Crippen molar-refractivity contribution < 1.29 is 0 Å². The molecule has 1 aromatic rings. The standard InChI is InChI=1S/C16H12N4/c17-10-13-14(11-6-4-5-7-11)19-16(20-15(13)18)12-8-2-1-3-9-12/h1-6,8-9,14H,18H2,(H,19,20). The molecule has 1 unspecified atom stereocenters. The second-order valence-corrected chi connectivity index (χ2v) is 4.44. The van der Waals surface area contributed by atoms with Crippen molar-refractivity contribution in [2.75, 3.05) is 0 Å². The smallest absolute Gasteiger partial charge is 0.134 e. The first-order valence-electron chi connectivity index (χ1n) is 6.23. The first-order chi connectivity index (χ1) is 9.79. The Hall–Kier alpha value is -3.02. The Morgan fingerprint density at radius 1 is 1.30 bits per heavy atom. The van der Waals surface area contributed by atoms with E-state index in [-0.39, 0.29) is 0 Å². The minimum Gasteiger partial charge on any atom is -0.384 e. The van der Waals surface area contributed by atoms with E-state index >= 15 is 0 Å². The molecule has 20 heavy (non-hydrogen) atoms. The molecule has 0 aromatic heterocycles. The summed E-state index contributed by atoms with van der Waals surface area (Å²) in [6.45, 7) is 0. The van der Waals surface area contributed by atoms with Crippen molar-refractivity contribution in [2.24, 2.45) is 10.7 Å². The van der Waals surface area contributed by atoms with Gasteiger partial charge in [0.05, 0.1) is 5.57 Å². The molecule has 0 fully saturated rings. The first-order valence-corrected chi connectivity index (χ1v) is 6.23. The van der Waals surface area contributed by atoms with Crippen molar-refractivity contribution in [3.63, 3.8) is 0 Å². The van der Waals surface area contributed by atoms with Crippen molar-refractivity contribution in [1.29, 1.82) is 5.26 Å². The zero-order valence-corrected chi connectivity index (χ0v) is 10.7. The third-order valence-electron chi connectivity index (χ3n) is 3.16. The number of benzene rings is 1. The lowest BCUT2D eigenvalue weighted by Crippen LogP contribution is -2.37. The van der Waals surface area contributed by atoms with Gasteiger partial charge in [0.2, 0.25) is 0 Å². The molecule has 1 heterocycles. The monoisotopic (exact) mass is 260 g/mol. The predicted molar refractivity (Wildman–Crippen MR) is 77.5 cm³/mol. The molecule has 0 bridgehead atoms. The van der Waals surface area contributed by atoms with E-state index < -0.39 is 6.04 Å². The highest BCUT2D eigenvalue weighted by atomic mass is 15.1. The Bertz CT molecular complexity index is 738. The van der Waals surface area contributed by atoms with E-state index in [1.54, 1.807) is 6.08 Å². The minimum absolute atomic E-state index is 0.348. The summed E-state index contributed by atoms with van der Waals surface area (Å²) in [5.74, 6) is 1.02. The summed E-state index contributed by atoms with van der Waals surface area (Å²) in [7, 11) is 0. The lowest BCUT2D eigenvalue weighted by molar-refractivity contribution is 0.850. The maximum absolute atomic E-state index is 9.28. The zero-order chi connectivity index (χ0) is 13.9. The number of allylic oxidation sites excluding steroid dienone is 1. The van der Waals surface area contributed by atoms with Gasteiger partial charge in [0, 0.05) is 11.1 Å². The third-order valence-corrected chi connectivity index (χ3v) is 3.16. The number of hydrogen-bond acceptors (Lipinski definition) is 4. The van der Waals surface area contributed by atoms with Crippen molar-refractivity contribution in [3.8, 4) is 6.07 Å². The molecule has 3 N–H and O–H groups in total. The zero-order valence-electron chi connectivity index (χ0n) is 10.7. The number of rotatable bonds is 2. The largest absolute Gasteiger partial charge is 0.384 e. The van der Waals surface area contributed by atoms with Crippen LogP contribution in [0.4, 0.5) is 0 Å². The van der Waals surface area contributed by atoms with E-state index in [0.717, 1.165) is 11.1 Å². The molecule has 0 amide bonds. The quantitative estimate of drug-likeness (QED) is 0.795. The molecule has 1 aliphatic heterocycles. The highest BCUT2D eigenvalue weighted by Gasteiger charge is 2.26. The average molecular weight is 260 g/mol. The maximum atomic E-state index is 9.28. The number of nitriles is 1. The molecule has 4 nitrogen and oxygen atoms in total. The van der Waals surface area contributed by atoms with Gasteiger partial charge in [0.1, 0.15) is 23.8 Å². The van der Waals surface area contributed by atoms with E-state index in [0.29, 0.717) is 17.2 Å². The number of nitrogens with zero attached hydrogens (tertiary/aromatic N) is 2. The topological polar surface area (TPSA) is 74.2 Å². The van der Waals surface area contributed by atoms with Crippen LogP contribution in [-0.4, -0.2) is 11.9 Å². The van der Waals surface area contributed by atoms with Crippen molar-refractivity contribution in [3.05, 3.63) is 76.8 Å². The molecule has 96 valence electrons. The summed E-state index contributed by atoms with van der Waals surface area (Å²) in [6, 6.07) is 11.4. The van der Waals surface area contributed by atoms with E-state index in [9.17, 15) is 5.26 Å². The summed E-state index contributed by atoms with van der Waals surface area (Å²) in [6.07, 6.45) is 5.58. The van der Waals surface area contributed by atoms with E-state index in [4.69, 9.17) is 5.73 Å². The number of nitrogens with one attached hydrogen (secondary N) is 1. The van der Waals surface area contributed by atoms with Gasteiger partial charge in [-0.1, -0.05) is 36.4 Å². The van der Waals surface area contributed by atoms with Crippen LogP contribution >= 0.6 is 0 Å². The van der Waals surface area contributed by atoms with Crippen LogP contribution in [0.5, 0.6) is 0 Å². The minimum atomic E-state index is -0.397. The summed E-state index contributed by atoms with van der Waals surface area (Å²) in [5, 5.41) is 12.3. The van der Waals surface area contributed by atoms with Crippen LogP contribution in [0.2, 0.25) is 0 Å². The second-order valence-electron chi connectivity index (χ2n) is 4.44. The van der Waals surface area contributed by atoms with Gasteiger partial charge in [-0.25, -0.2) is 0 Å². The number of amidine groups is 1. The molecular weight excluding hydrogens is 248 g/mol. The van der Waals surface area contributed by atoms with Gasteiger partial charge in [0.15, 0.2) is 0 Å². The highest BCUT2D eigenvalue weighted by Crippen LogP contribution is 2.23. The first kappa shape index (κ1) is 12.0. The number of aliphatic imine (C=N–C) groups is 1. The molecular formula is C16H12N4. The molecule has 0 saturated heterocycles. The maximum Gasteiger partial charge on any atom is 0.134 e. The number of hydrogen-bond donors (Lipinski definition) is 2. The molecule has 3 rings (SSSR count). The lowest BCUT2D eigenvalue weighted by atomic mass is 9.99. The van der Waals surface area contributed by atoms with Crippen molar-refractivity contribution in [2.45, 2.75) is 6.04 Å². The SMILES string of the molecule is N#CC1=C(N)NC(c2ccccc2)=NC1C1=C=CC=C1. The van der Waals surface area contributed by atoms with Crippen molar-refractivity contribution >= 4 is 5.84 Å². The third kappa shape index (κ3) is 2.03. The summed E-state index contributed by atoms with van der Waals surface area (Å²) in [4.78, 5) is 4.61. The van der Waals surface area contributed by atoms with E-state index in [2.05, 4.69) is 22.1 Å². The fourth-order valence-electron chi connectivity index (χ4n) is 2.17. The highest BCUT2D eigenvalue weighted by molar-refractivity contribution is 6.01. The summed E-state index contributed by atoms with van der Waals surface area (Å²) < 4.78 is 0. The van der Waals surface area contributed by atoms with Gasteiger partial charge >= 0.3 is 0 Å². The second kappa shape index (κ2) is 4.93. The molecule has 4 heteroatoms. The van der Waals surface area contributed by atoms with Gasteiger partial charge in [-0.3, -0.25) is 4.99 Å². The van der Waals surface area contributed by atoms with Crippen LogP contribution in [0.15, 0.2) is 76.3 Å². The van der Waals surface area contributed by atoms with Crippen LogP contribution < -0.4 is 11.1 Å². The fourth-order valence-corrected chi connectivity index (χ4v) is 2.17. The lowest BCUT2D eigenvalue weighted by Gasteiger charge is -2.22. The van der Waals surface area contributed by atoms with E-state index in [1.807, 2.05) is 42.5 Å². The van der Waals surface area contributed by atoms with Crippen molar-refractivity contribution in [1.82, 2.24) is 5.32 Å². The Labute approximate surface area is 116 Å². The van der Waals surface area contributed by atoms with E-state index in [1.165, 1.54) is 0 Å². The Kier molecular flexibility index (Phi) is 2.96. The molecule has 0 radical (unpaired) electrons. The summed E-state index contributed by atoms with van der Waals surface area (Å²) in [5.41, 5.74) is 11.3. The molecule has 1 aliphatic carbocycles. The molecule has 0 saturated carbocycles.